The number of carbonyl (C=O) groups is 2. The molecular formula is C13H13BrN2O3. The first-order chi connectivity index (χ1) is 9.06. The van der Waals surface area contributed by atoms with E-state index in [0.29, 0.717) is 16.6 Å². The summed E-state index contributed by atoms with van der Waals surface area (Å²) in [5, 5.41) is 8.42. The monoisotopic (exact) mass is 324 g/mol. The summed E-state index contributed by atoms with van der Waals surface area (Å²) < 4.78 is 5.54. The molecule has 0 radical (unpaired) electrons. The fourth-order valence-electron chi connectivity index (χ4n) is 1.28. The quantitative estimate of drug-likeness (QED) is 0.776. The summed E-state index contributed by atoms with van der Waals surface area (Å²) in [6, 6.07) is 8.76. The Hall–Kier alpha value is -1.87. The molecule has 0 saturated heterocycles. The average Bonchev–Trinajstić information content (AvgIpc) is 2.42. The van der Waals surface area contributed by atoms with Gasteiger partial charge in [0.25, 0.3) is 5.91 Å². The Morgan fingerprint density at radius 2 is 2.11 bits per heavy atom. The lowest BCUT2D eigenvalue weighted by atomic mass is 10.2. The van der Waals surface area contributed by atoms with Gasteiger partial charge >= 0.3 is 5.97 Å². The van der Waals surface area contributed by atoms with Crippen molar-refractivity contribution < 1.29 is 14.3 Å². The minimum Gasteiger partial charge on any atom is -0.452 e. The number of nitriles is 1. The van der Waals surface area contributed by atoms with E-state index in [4.69, 9.17) is 10.00 Å². The Morgan fingerprint density at radius 1 is 1.42 bits per heavy atom. The SMILES string of the molecule is CN(CCC#N)C(=O)COC(=O)c1ccccc1Br. The van der Waals surface area contributed by atoms with Gasteiger partial charge in [0, 0.05) is 18.1 Å². The van der Waals surface area contributed by atoms with E-state index in [1.165, 1.54) is 4.90 Å². The van der Waals surface area contributed by atoms with Crippen molar-refractivity contribution in [3.05, 3.63) is 34.3 Å². The predicted molar refractivity (Wildman–Crippen MR) is 72.3 cm³/mol. The third kappa shape index (κ3) is 4.72. The van der Waals surface area contributed by atoms with Gasteiger partial charge in [0.2, 0.25) is 0 Å². The van der Waals surface area contributed by atoms with E-state index in [2.05, 4.69) is 15.9 Å². The second kappa shape index (κ2) is 7.54. The molecule has 0 heterocycles. The summed E-state index contributed by atoms with van der Waals surface area (Å²) in [4.78, 5) is 24.7. The van der Waals surface area contributed by atoms with E-state index in [1.807, 2.05) is 6.07 Å². The molecule has 1 amide bonds. The van der Waals surface area contributed by atoms with Crippen molar-refractivity contribution in [2.75, 3.05) is 20.2 Å². The number of carbonyl (C=O) groups excluding carboxylic acids is 2. The van der Waals surface area contributed by atoms with E-state index >= 15 is 0 Å². The van der Waals surface area contributed by atoms with Gasteiger partial charge in [-0.3, -0.25) is 4.79 Å². The average molecular weight is 325 g/mol. The highest BCUT2D eigenvalue weighted by molar-refractivity contribution is 9.10. The van der Waals surface area contributed by atoms with Crippen LogP contribution in [0.1, 0.15) is 16.8 Å². The molecule has 1 aromatic carbocycles. The molecule has 0 bridgehead atoms. The molecule has 5 nitrogen and oxygen atoms in total. The highest BCUT2D eigenvalue weighted by Crippen LogP contribution is 2.16. The van der Waals surface area contributed by atoms with Crippen LogP contribution in [0.4, 0.5) is 0 Å². The van der Waals surface area contributed by atoms with Crippen LogP contribution in [0.15, 0.2) is 28.7 Å². The minimum atomic E-state index is -0.561. The predicted octanol–water partition coefficient (Wildman–Crippen LogP) is 1.98. The van der Waals surface area contributed by atoms with Gasteiger partial charge in [-0.15, -0.1) is 0 Å². The number of amides is 1. The Balaban J connectivity index is 2.49. The van der Waals surface area contributed by atoms with E-state index in [1.54, 1.807) is 31.3 Å². The summed E-state index contributed by atoms with van der Waals surface area (Å²) in [7, 11) is 1.56. The first-order valence-corrected chi connectivity index (χ1v) is 6.38. The summed E-state index contributed by atoms with van der Waals surface area (Å²) >= 11 is 3.23. The molecule has 0 aliphatic heterocycles. The lowest BCUT2D eigenvalue weighted by molar-refractivity contribution is -0.133. The smallest absolute Gasteiger partial charge is 0.339 e. The number of nitrogens with zero attached hydrogens (tertiary/aromatic N) is 2. The minimum absolute atomic E-state index is 0.250. The number of ether oxygens (including phenoxy) is 1. The van der Waals surface area contributed by atoms with Gasteiger partial charge < -0.3 is 9.64 Å². The number of likely N-dealkylation sites (N-methyl/N-ethyl adjacent to an activating group) is 1. The van der Waals surface area contributed by atoms with Gasteiger partial charge in [-0.2, -0.15) is 5.26 Å². The highest BCUT2D eigenvalue weighted by Gasteiger charge is 2.14. The first-order valence-electron chi connectivity index (χ1n) is 5.59. The molecule has 0 aromatic heterocycles. The second-order valence-electron chi connectivity index (χ2n) is 3.78. The largest absolute Gasteiger partial charge is 0.452 e. The molecule has 0 saturated carbocycles. The molecule has 0 atom stereocenters. The molecule has 0 aliphatic rings. The van der Waals surface area contributed by atoms with Crippen molar-refractivity contribution >= 4 is 27.8 Å². The molecule has 0 aliphatic carbocycles. The zero-order valence-electron chi connectivity index (χ0n) is 10.4. The van der Waals surface area contributed by atoms with Crippen LogP contribution in [0.5, 0.6) is 0 Å². The summed E-state index contributed by atoms with van der Waals surface area (Å²) in [5.41, 5.74) is 0.370. The van der Waals surface area contributed by atoms with Crippen LogP contribution in [-0.4, -0.2) is 37.0 Å². The molecule has 0 N–H and O–H groups in total. The highest BCUT2D eigenvalue weighted by atomic mass is 79.9. The van der Waals surface area contributed by atoms with Gasteiger partial charge in [0.15, 0.2) is 6.61 Å². The van der Waals surface area contributed by atoms with Crippen molar-refractivity contribution in [3.8, 4) is 6.07 Å². The van der Waals surface area contributed by atoms with Gasteiger partial charge in [-0.25, -0.2) is 4.79 Å². The molecule has 1 aromatic rings. The maximum atomic E-state index is 11.7. The third-order valence-electron chi connectivity index (χ3n) is 2.41. The van der Waals surface area contributed by atoms with Gasteiger partial charge in [0.1, 0.15) is 0 Å². The van der Waals surface area contributed by atoms with Crippen LogP contribution < -0.4 is 0 Å². The van der Waals surface area contributed by atoms with Gasteiger partial charge in [-0.05, 0) is 28.1 Å². The van der Waals surface area contributed by atoms with E-state index in [-0.39, 0.29) is 18.9 Å². The van der Waals surface area contributed by atoms with E-state index in [9.17, 15) is 9.59 Å². The van der Waals surface area contributed by atoms with Crippen molar-refractivity contribution in [3.63, 3.8) is 0 Å². The van der Waals surface area contributed by atoms with Crippen LogP contribution in [0.25, 0.3) is 0 Å². The molecular weight excluding hydrogens is 312 g/mol. The van der Waals surface area contributed by atoms with Crippen LogP contribution in [-0.2, 0) is 9.53 Å². The van der Waals surface area contributed by atoms with Crippen molar-refractivity contribution in [2.24, 2.45) is 0 Å². The summed E-state index contributed by atoms with van der Waals surface area (Å²) in [5.74, 6) is -0.898. The normalized spacial score (nSPS) is 9.53. The third-order valence-corrected chi connectivity index (χ3v) is 3.10. The molecule has 1 rings (SSSR count). The van der Waals surface area contributed by atoms with Crippen molar-refractivity contribution in [1.82, 2.24) is 4.90 Å². The van der Waals surface area contributed by atoms with Crippen molar-refractivity contribution in [1.29, 1.82) is 5.26 Å². The van der Waals surface area contributed by atoms with Gasteiger partial charge in [0.05, 0.1) is 18.1 Å². The van der Waals surface area contributed by atoms with Crippen molar-refractivity contribution in [2.45, 2.75) is 6.42 Å². The van der Waals surface area contributed by atoms with E-state index in [0.717, 1.165) is 0 Å². The van der Waals surface area contributed by atoms with Crippen LogP contribution in [0.2, 0.25) is 0 Å². The number of hydrogen-bond donors (Lipinski definition) is 0. The fraction of sp³-hybridized carbons (Fsp3) is 0.308. The molecule has 6 heteroatoms. The second-order valence-corrected chi connectivity index (χ2v) is 4.63. The van der Waals surface area contributed by atoms with Crippen LogP contribution in [0.3, 0.4) is 0 Å². The number of hydrogen-bond acceptors (Lipinski definition) is 4. The molecule has 0 unspecified atom stereocenters. The lowest BCUT2D eigenvalue weighted by Gasteiger charge is -2.15. The standard InChI is InChI=1S/C13H13BrN2O3/c1-16(8-4-7-15)12(17)9-19-13(18)10-5-2-3-6-11(10)14/h2-3,5-6H,4,8-9H2,1H3. The maximum Gasteiger partial charge on any atom is 0.339 e. The molecule has 0 spiro atoms. The molecule has 19 heavy (non-hydrogen) atoms. The lowest BCUT2D eigenvalue weighted by Crippen LogP contribution is -2.31. The zero-order valence-corrected chi connectivity index (χ0v) is 12.0. The van der Waals surface area contributed by atoms with Gasteiger partial charge in [-0.1, -0.05) is 12.1 Å². The Morgan fingerprint density at radius 3 is 2.74 bits per heavy atom. The fourth-order valence-corrected chi connectivity index (χ4v) is 1.73. The maximum absolute atomic E-state index is 11.7. The Labute approximate surface area is 119 Å². The Bertz CT molecular complexity index is 511. The number of esters is 1. The molecule has 0 fully saturated rings. The Kier molecular flexibility index (Phi) is 6.03. The zero-order chi connectivity index (χ0) is 14.3. The summed E-state index contributed by atoms with van der Waals surface area (Å²) in [6.45, 7) is -0.00991. The van der Waals surface area contributed by atoms with Crippen LogP contribution in [0, 0.1) is 11.3 Å². The first kappa shape index (κ1) is 15.2. The van der Waals surface area contributed by atoms with E-state index < -0.39 is 5.97 Å². The number of benzene rings is 1. The number of rotatable bonds is 5. The molecule has 100 valence electrons. The van der Waals surface area contributed by atoms with Crippen LogP contribution >= 0.6 is 15.9 Å². The topological polar surface area (TPSA) is 70.4 Å². The summed E-state index contributed by atoms with van der Waals surface area (Å²) in [6.07, 6.45) is 0.250. The number of halogens is 1.